The smallest absolute Gasteiger partial charge is 0.259 e. The van der Waals surface area contributed by atoms with Crippen molar-refractivity contribution in [1.82, 2.24) is 9.88 Å². The summed E-state index contributed by atoms with van der Waals surface area (Å²) in [6, 6.07) is 7.80. The monoisotopic (exact) mass is 387 g/mol. The van der Waals surface area contributed by atoms with E-state index in [0.29, 0.717) is 18.0 Å². The molecule has 27 heavy (non-hydrogen) atoms. The van der Waals surface area contributed by atoms with Gasteiger partial charge in [0.25, 0.3) is 5.56 Å². The number of pyridine rings is 1. The number of nitrogens with zero attached hydrogens (tertiary/aromatic N) is 1. The zero-order valence-electron chi connectivity index (χ0n) is 15.9. The lowest BCUT2D eigenvalue weighted by molar-refractivity contribution is 0.355. The fourth-order valence-electron chi connectivity index (χ4n) is 3.04. The molecule has 0 saturated carbocycles. The van der Waals surface area contributed by atoms with Crippen LogP contribution in [-0.4, -0.2) is 31.9 Å². The molecule has 0 saturated heterocycles. The van der Waals surface area contributed by atoms with Gasteiger partial charge in [0.1, 0.15) is 0 Å². The van der Waals surface area contributed by atoms with Crippen molar-refractivity contribution >= 4 is 21.4 Å². The fraction of sp³-hybridized carbons (Fsp3) is 0.350. The summed E-state index contributed by atoms with van der Waals surface area (Å²) in [5, 5.41) is 4.12. The predicted octanol–water partition coefficient (Wildman–Crippen LogP) is 2.72. The Hall–Kier alpha value is -2.35. The number of methoxy groups -OCH3 is 2. The van der Waals surface area contributed by atoms with E-state index in [9.17, 15) is 4.79 Å². The first-order valence-corrected chi connectivity index (χ1v) is 9.66. The quantitative estimate of drug-likeness (QED) is 0.581. The van der Waals surface area contributed by atoms with Gasteiger partial charge >= 0.3 is 0 Å². The van der Waals surface area contributed by atoms with Crippen LogP contribution in [0.4, 0.5) is 0 Å². The van der Waals surface area contributed by atoms with Crippen LogP contribution in [0.25, 0.3) is 21.2 Å². The summed E-state index contributed by atoms with van der Waals surface area (Å²) in [6.45, 7) is 2.27. The van der Waals surface area contributed by atoms with E-state index in [2.05, 4.69) is 5.32 Å². The maximum absolute atomic E-state index is 12.6. The lowest BCUT2D eigenvalue weighted by atomic mass is 10.1. The molecule has 2 heterocycles. The van der Waals surface area contributed by atoms with Gasteiger partial charge in [-0.15, -0.1) is 11.3 Å². The maximum Gasteiger partial charge on any atom is 0.259 e. The van der Waals surface area contributed by atoms with Gasteiger partial charge in [-0.2, -0.15) is 0 Å². The molecule has 0 amide bonds. The zero-order chi connectivity index (χ0) is 19.4. The van der Waals surface area contributed by atoms with Gasteiger partial charge in [-0.25, -0.2) is 0 Å². The molecule has 3 aromatic rings. The molecule has 7 heteroatoms. The van der Waals surface area contributed by atoms with Crippen molar-refractivity contribution in [3.8, 4) is 22.6 Å². The molecule has 0 radical (unpaired) electrons. The number of aryl methyl sites for hydroxylation is 1. The average molecular weight is 388 g/mol. The van der Waals surface area contributed by atoms with Crippen LogP contribution in [-0.2, 0) is 13.6 Å². The summed E-state index contributed by atoms with van der Waals surface area (Å²) in [6.07, 6.45) is 2.82. The van der Waals surface area contributed by atoms with E-state index in [1.54, 1.807) is 37.2 Å². The Labute approximate surface area is 162 Å². The molecule has 2 aromatic heterocycles. The van der Waals surface area contributed by atoms with Gasteiger partial charge in [0.05, 0.1) is 19.6 Å². The van der Waals surface area contributed by atoms with E-state index in [1.807, 2.05) is 30.5 Å². The molecule has 3 N–H and O–H groups in total. The van der Waals surface area contributed by atoms with E-state index in [1.165, 1.54) is 0 Å². The van der Waals surface area contributed by atoms with Crippen molar-refractivity contribution in [2.45, 2.75) is 13.0 Å². The van der Waals surface area contributed by atoms with Crippen LogP contribution in [0.3, 0.4) is 0 Å². The normalized spacial score (nSPS) is 11.1. The highest BCUT2D eigenvalue weighted by molar-refractivity contribution is 7.19. The number of aromatic nitrogens is 1. The molecule has 0 spiro atoms. The summed E-state index contributed by atoms with van der Waals surface area (Å²) in [5.41, 5.74) is 7.54. The van der Waals surface area contributed by atoms with Crippen molar-refractivity contribution in [1.29, 1.82) is 0 Å². The molecule has 0 fully saturated rings. The molecule has 0 aliphatic rings. The van der Waals surface area contributed by atoms with E-state index in [0.717, 1.165) is 45.6 Å². The molecule has 3 rings (SSSR count). The van der Waals surface area contributed by atoms with Crippen LogP contribution in [0.2, 0.25) is 0 Å². The zero-order valence-corrected chi connectivity index (χ0v) is 16.7. The minimum absolute atomic E-state index is 0.0127. The van der Waals surface area contributed by atoms with E-state index in [4.69, 9.17) is 15.2 Å². The Balaban J connectivity index is 2.06. The number of thiophene rings is 1. The molecule has 144 valence electrons. The van der Waals surface area contributed by atoms with Gasteiger partial charge in [0, 0.05) is 34.9 Å². The SMILES string of the molecule is COc1ccc(-c2cn(C)c(=O)c3cc(CNCCCN)sc23)cc1OC. The standard InChI is InChI=1S/C20H25N3O3S/c1-23-12-16(13-5-6-17(25-2)18(9-13)26-3)19-15(20(23)24)10-14(27-19)11-22-8-4-7-21/h5-6,9-10,12,22H,4,7-8,11,21H2,1-3H3. The maximum atomic E-state index is 12.6. The van der Waals surface area contributed by atoms with Crippen molar-refractivity contribution in [2.24, 2.45) is 12.8 Å². The van der Waals surface area contributed by atoms with E-state index in [-0.39, 0.29) is 5.56 Å². The van der Waals surface area contributed by atoms with Crippen LogP contribution in [0.5, 0.6) is 11.5 Å². The molecule has 0 unspecified atom stereocenters. The third-order valence-corrected chi connectivity index (χ3v) is 5.62. The number of hydrogen-bond donors (Lipinski definition) is 2. The number of rotatable bonds is 8. The summed E-state index contributed by atoms with van der Waals surface area (Å²) < 4.78 is 13.4. The van der Waals surface area contributed by atoms with Crippen molar-refractivity contribution in [3.05, 3.63) is 45.7 Å². The van der Waals surface area contributed by atoms with Gasteiger partial charge < -0.3 is 25.1 Å². The number of benzene rings is 1. The van der Waals surface area contributed by atoms with Gasteiger partial charge in [0.15, 0.2) is 11.5 Å². The highest BCUT2D eigenvalue weighted by atomic mass is 32.1. The van der Waals surface area contributed by atoms with Crippen LogP contribution in [0, 0.1) is 0 Å². The summed E-state index contributed by atoms with van der Waals surface area (Å²) in [4.78, 5) is 13.7. The van der Waals surface area contributed by atoms with Crippen molar-refractivity contribution in [2.75, 3.05) is 27.3 Å². The molecular weight excluding hydrogens is 362 g/mol. The summed E-state index contributed by atoms with van der Waals surface area (Å²) in [5.74, 6) is 1.34. The van der Waals surface area contributed by atoms with Crippen LogP contribution in [0.15, 0.2) is 35.3 Å². The Bertz CT molecular complexity index is 994. The average Bonchev–Trinajstić information content (AvgIpc) is 3.12. The summed E-state index contributed by atoms with van der Waals surface area (Å²) >= 11 is 1.64. The minimum atomic E-state index is 0.0127. The Kier molecular flexibility index (Phi) is 6.15. The van der Waals surface area contributed by atoms with Crippen molar-refractivity contribution in [3.63, 3.8) is 0 Å². The number of fused-ring (bicyclic) bond motifs is 1. The Morgan fingerprint density at radius 2 is 1.96 bits per heavy atom. The van der Waals surface area contributed by atoms with Crippen molar-refractivity contribution < 1.29 is 9.47 Å². The van der Waals surface area contributed by atoms with Gasteiger partial charge in [-0.3, -0.25) is 4.79 Å². The fourth-order valence-corrected chi connectivity index (χ4v) is 4.19. The molecular formula is C20H25N3O3S. The molecule has 0 aliphatic heterocycles. The number of nitrogens with one attached hydrogen (secondary N) is 1. The lowest BCUT2D eigenvalue weighted by Gasteiger charge is -2.11. The van der Waals surface area contributed by atoms with E-state index >= 15 is 0 Å². The lowest BCUT2D eigenvalue weighted by Crippen LogP contribution is -2.17. The van der Waals surface area contributed by atoms with E-state index < -0.39 is 0 Å². The highest BCUT2D eigenvalue weighted by Gasteiger charge is 2.15. The molecule has 0 aliphatic carbocycles. The van der Waals surface area contributed by atoms with Crippen LogP contribution in [0.1, 0.15) is 11.3 Å². The minimum Gasteiger partial charge on any atom is -0.493 e. The first-order chi connectivity index (χ1) is 13.1. The molecule has 6 nitrogen and oxygen atoms in total. The number of hydrogen-bond acceptors (Lipinski definition) is 6. The second-order valence-corrected chi connectivity index (χ2v) is 7.44. The third kappa shape index (κ3) is 4.00. The van der Waals surface area contributed by atoms with Crippen LogP contribution >= 0.6 is 11.3 Å². The Morgan fingerprint density at radius 3 is 2.67 bits per heavy atom. The van der Waals surface area contributed by atoms with Gasteiger partial charge in [-0.05, 0) is 43.3 Å². The molecule has 0 bridgehead atoms. The number of nitrogens with two attached hydrogens (primary N) is 1. The largest absolute Gasteiger partial charge is 0.493 e. The Morgan fingerprint density at radius 1 is 1.19 bits per heavy atom. The molecule has 1 aromatic carbocycles. The topological polar surface area (TPSA) is 78.5 Å². The molecule has 0 atom stereocenters. The number of ether oxygens (including phenoxy) is 2. The second-order valence-electron chi connectivity index (χ2n) is 6.30. The van der Waals surface area contributed by atoms with Gasteiger partial charge in [0.2, 0.25) is 0 Å². The first kappa shape index (κ1) is 19.4. The summed E-state index contributed by atoms with van der Waals surface area (Å²) in [7, 11) is 5.02. The predicted molar refractivity (Wildman–Crippen MR) is 111 cm³/mol. The second kappa shape index (κ2) is 8.56. The van der Waals surface area contributed by atoms with Crippen LogP contribution < -0.4 is 26.1 Å². The first-order valence-electron chi connectivity index (χ1n) is 8.84. The third-order valence-electron chi connectivity index (χ3n) is 4.45. The van der Waals surface area contributed by atoms with Gasteiger partial charge in [-0.1, -0.05) is 6.07 Å². The highest BCUT2D eigenvalue weighted by Crippen LogP contribution is 2.37.